The maximum absolute atomic E-state index is 13.2. The Bertz CT molecular complexity index is 2050. The van der Waals surface area contributed by atoms with E-state index in [-0.39, 0.29) is 25.7 Å². The van der Waals surface area contributed by atoms with Gasteiger partial charge in [0.1, 0.15) is 19.3 Å². The third-order valence-corrected chi connectivity index (χ3v) is 22.6. The minimum atomic E-state index is -4.97. The van der Waals surface area contributed by atoms with Gasteiger partial charge in [0.2, 0.25) is 0 Å². The summed E-state index contributed by atoms with van der Waals surface area (Å²) in [4.78, 5) is 73.3. The number of ether oxygens (including phenoxy) is 4. The fourth-order valence-corrected chi connectivity index (χ4v) is 15.1. The summed E-state index contributed by atoms with van der Waals surface area (Å²) in [5.41, 5.74) is 0. The minimum absolute atomic E-state index is 0.108. The lowest BCUT2D eigenvalue weighted by Crippen LogP contribution is -2.30. The first kappa shape index (κ1) is 104. The number of phosphoric ester groups is 2. The molecule has 0 rings (SSSR count). The second-order valence-electron chi connectivity index (χ2n) is 32.5. The molecule has 17 nitrogen and oxygen atoms in total. The summed E-state index contributed by atoms with van der Waals surface area (Å²) in [5.74, 6) is 0.283. The number of hydrogen-bond acceptors (Lipinski definition) is 15. The molecular formula is C87H170O17P2. The van der Waals surface area contributed by atoms with Crippen LogP contribution in [0.5, 0.6) is 0 Å². The van der Waals surface area contributed by atoms with Crippen LogP contribution in [0.2, 0.25) is 0 Å². The fraction of sp³-hybridized carbons (Fsp3) is 0.954. The smallest absolute Gasteiger partial charge is 0.462 e. The highest BCUT2D eigenvalue weighted by Crippen LogP contribution is 2.45. The van der Waals surface area contributed by atoms with E-state index in [4.69, 9.17) is 37.0 Å². The van der Waals surface area contributed by atoms with Gasteiger partial charge in [-0.3, -0.25) is 37.3 Å². The summed E-state index contributed by atoms with van der Waals surface area (Å²) in [6.07, 6.45) is 68.0. The molecule has 0 amide bonds. The predicted molar refractivity (Wildman–Crippen MR) is 437 cm³/mol. The molecule has 106 heavy (non-hydrogen) atoms. The number of aliphatic hydroxyl groups excluding tert-OH is 1. The Morgan fingerprint density at radius 1 is 0.274 bits per heavy atom. The first-order valence-corrected chi connectivity index (χ1v) is 47.9. The van der Waals surface area contributed by atoms with Gasteiger partial charge >= 0.3 is 39.5 Å². The van der Waals surface area contributed by atoms with Crippen molar-refractivity contribution in [1.82, 2.24) is 0 Å². The van der Waals surface area contributed by atoms with E-state index in [1.54, 1.807) is 0 Å². The molecule has 19 heteroatoms. The van der Waals surface area contributed by atoms with Gasteiger partial charge in [-0.05, 0) is 43.4 Å². The third-order valence-electron chi connectivity index (χ3n) is 20.7. The number of phosphoric acid groups is 2. The summed E-state index contributed by atoms with van der Waals surface area (Å²) in [5, 5.41) is 10.7. The van der Waals surface area contributed by atoms with Crippen molar-refractivity contribution >= 4 is 39.5 Å². The van der Waals surface area contributed by atoms with Gasteiger partial charge in [0.15, 0.2) is 12.2 Å². The topological polar surface area (TPSA) is 237 Å². The molecule has 0 heterocycles. The van der Waals surface area contributed by atoms with Crippen LogP contribution in [0.3, 0.4) is 0 Å². The van der Waals surface area contributed by atoms with Crippen molar-refractivity contribution in [2.24, 2.45) is 17.8 Å². The van der Waals surface area contributed by atoms with Gasteiger partial charge in [-0.25, -0.2) is 9.13 Å². The minimum Gasteiger partial charge on any atom is -0.462 e. The number of rotatable bonds is 85. The largest absolute Gasteiger partial charge is 0.472 e. The average Bonchev–Trinajstić information content (AvgIpc) is 0.911. The van der Waals surface area contributed by atoms with E-state index >= 15 is 0 Å². The SMILES string of the molecule is CCCCCCCCCCCCCCCCCCCCC(=O)O[C@H](COC(=O)CCCCCCCCCCC(C)C)COP(=O)(O)OC[C@H](O)COP(=O)(O)OC[C@@H](COC(=O)CCCCCCCCCCCCCCCCC(C)CC)OC(=O)CCCCCCCCCCCCCCCCCCC(C)C. The Labute approximate surface area is 651 Å². The molecule has 0 bridgehead atoms. The van der Waals surface area contributed by atoms with Gasteiger partial charge < -0.3 is 33.8 Å². The number of esters is 4. The van der Waals surface area contributed by atoms with Crippen LogP contribution in [0, 0.1) is 17.8 Å². The van der Waals surface area contributed by atoms with Crippen molar-refractivity contribution < 1.29 is 80.2 Å². The van der Waals surface area contributed by atoms with E-state index < -0.39 is 97.5 Å². The van der Waals surface area contributed by atoms with E-state index in [1.165, 1.54) is 270 Å². The van der Waals surface area contributed by atoms with Gasteiger partial charge in [0.25, 0.3) is 0 Å². The molecule has 0 saturated heterocycles. The van der Waals surface area contributed by atoms with Crippen LogP contribution in [-0.2, 0) is 65.4 Å². The summed E-state index contributed by atoms with van der Waals surface area (Å²) in [7, 11) is -9.93. The van der Waals surface area contributed by atoms with Crippen molar-refractivity contribution in [3.8, 4) is 0 Å². The Kier molecular flexibility index (Phi) is 75.6. The molecule has 0 radical (unpaired) electrons. The predicted octanol–water partition coefficient (Wildman–Crippen LogP) is 26.5. The molecule has 0 fully saturated rings. The Balaban J connectivity index is 5.25. The van der Waals surface area contributed by atoms with Crippen molar-refractivity contribution in [3.05, 3.63) is 0 Å². The molecular weight excluding hydrogens is 1380 g/mol. The van der Waals surface area contributed by atoms with E-state index in [0.717, 1.165) is 108 Å². The number of carbonyl (C=O) groups excluding carboxylic acids is 4. The van der Waals surface area contributed by atoms with Gasteiger partial charge in [-0.2, -0.15) is 0 Å². The molecule has 0 saturated carbocycles. The zero-order chi connectivity index (χ0) is 77.9. The molecule has 0 aliphatic rings. The highest BCUT2D eigenvalue weighted by molar-refractivity contribution is 7.47. The van der Waals surface area contributed by atoms with Crippen molar-refractivity contribution in [2.75, 3.05) is 39.6 Å². The van der Waals surface area contributed by atoms with E-state index in [1.807, 2.05) is 0 Å². The monoisotopic (exact) mass is 1550 g/mol. The Morgan fingerprint density at radius 3 is 0.717 bits per heavy atom. The number of carbonyl (C=O) groups is 4. The molecule has 6 atom stereocenters. The van der Waals surface area contributed by atoms with Gasteiger partial charge in [-0.1, -0.05) is 408 Å². The van der Waals surface area contributed by atoms with Crippen molar-refractivity contribution in [1.29, 1.82) is 0 Å². The van der Waals surface area contributed by atoms with Crippen LogP contribution in [0.1, 0.15) is 459 Å². The molecule has 630 valence electrons. The van der Waals surface area contributed by atoms with E-state index in [0.29, 0.717) is 25.7 Å². The summed E-state index contributed by atoms with van der Waals surface area (Å²) in [6, 6.07) is 0. The second kappa shape index (κ2) is 77.0. The van der Waals surface area contributed by atoms with E-state index in [9.17, 15) is 43.2 Å². The highest BCUT2D eigenvalue weighted by Gasteiger charge is 2.31. The molecule has 3 N–H and O–H groups in total. The van der Waals surface area contributed by atoms with Crippen LogP contribution in [-0.4, -0.2) is 96.7 Å². The van der Waals surface area contributed by atoms with Crippen LogP contribution in [0.25, 0.3) is 0 Å². The molecule has 0 aromatic heterocycles. The fourth-order valence-electron chi connectivity index (χ4n) is 13.5. The van der Waals surface area contributed by atoms with Crippen molar-refractivity contribution in [2.45, 2.75) is 478 Å². The first-order chi connectivity index (χ1) is 51.3. The van der Waals surface area contributed by atoms with Gasteiger partial charge in [0, 0.05) is 25.7 Å². The van der Waals surface area contributed by atoms with Crippen molar-refractivity contribution in [3.63, 3.8) is 0 Å². The summed E-state index contributed by atoms with van der Waals surface area (Å²) < 4.78 is 68.9. The lowest BCUT2D eigenvalue weighted by molar-refractivity contribution is -0.161. The number of aliphatic hydroxyl groups is 1. The zero-order valence-corrected chi connectivity index (χ0v) is 71.7. The van der Waals surface area contributed by atoms with E-state index in [2.05, 4.69) is 48.5 Å². The molecule has 0 aromatic rings. The standard InChI is InChI=1S/C87H170O17P2/c1-8-10-11-12-13-14-15-16-17-18-19-23-30-35-40-49-56-63-71-87(92)104-83(75-98-85(90)69-62-55-48-43-42-45-52-59-66-79(5)6)77-102-106(95,96)100-73-81(88)72-99-105(93,94)101-76-82(74-97-84(89)68-61-54-47-39-34-29-26-25-28-33-38-46-53-60-67-80(7)9-2)103-86(91)70-64-57-50-41-36-31-24-21-20-22-27-32-37-44-51-58-65-78(3)4/h78-83,88H,8-77H2,1-7H3,(H,93,94)(H,95,96)/t80?,81-,82-,83-/m1/s1. The van der Waals surface area contributed by atoms with Crippen LogP contribution >= 0.6 is 15.6 Å². The Morgan fingerprint density at radius 2 is 0.481 bits per heavy atom. The molecule has 3 unspecified atom stereocenters. The molecule has 0 aliphatic carbocycles. The quantitative estimate of drug-likeness (QED) is 0.0222. The van der Waals surface area contributed by atoms with Crippen LogP contribution < -0.4 is 0 Å². The highest BCUT2D eigenvalue weighted by atomic mass is 31.2. The van der Waals surface area contributed by atoms with Gasteiger partial charge in [0.05, 0.1) is 26.4 Å². The second-order valence-corrected chi connectivity index (χ2v) is 35.4. The molecule has 0 aliphatic heterocycles. The molecule has 0 spiro atoms. The molecule has 0 aromatic carbocycles. The first-order valence-electron chi connectivity index (χ1n) is 44.9. The van der Waals surface area contributed by atoms with Crippen LogP contribution in [0.15, 0.2) is 0 Å². The summed E-state index contributed by atoms with van der Waals surface area (Å²) >= 11 is 0. The maximum Gasteiger partial charge on any atom is 0.472 e. The van der Waals surface area contributed by atoms with Gasteiger partial charge in [-0.15, -0.1) is 0 Å². The number of unbranched alkanes of at least 4 members (excludes halogenated alkanes) is 52. The van der Waals surface area contributed by atoms with Crippen LogP contribution in [0.4, 0.5) is 0 Å². The summed E-state index contributed by atoms with van der Waals surface area (Å²) in [6.45, 7) is 12.0. The zero-order valence-electron chi connectivity index (χ0n) is 69.9. The third kappa shape index (κ3) is 78.7. The average molecular weight is 1550 g/mol. The normalized spacial score (nSPS) is 14.1. The lowest BCUT2D eigenvalue weighted by atomic mass is 9.99. The maximum atomic E-state index is 13.2. The number of hydrogen-bond donors (Lipinski definition) is 3. The lowest BCUT2D eigenvalue weighted by Gasteiger charge is -2.21. The Hall–Kier alpha value is -1.94.